The third kappa shape index (κ3) is 3.12. The first-order valence-corrected chi connectivity index (χ1v) is 19.6. The van der Waals surface area contributed by atoms with Crippen LogP contribution in [0.2, 0.25) is 0 Å². The molecule has 0 unspecified atom stereocenters. The number of hydrogen-bond acceptors (Lipinski definition) is 0. The fourth-order valence-corrected chi connectivity index (χ4v) is 12.4. The molecule has 2 aliphatic carbocycles. The van der Waals surface area contributed by atoms with E-state index in [1.54, 1.807) is 22.5 Å². The third-order valence-electron chi connectivity index (χ3n) is 15.3. The molecular formula is C47H54N4+2. The molecule has 2 aromatic carbocycles. The molecule has 51 heavy (non-hydrogen) atoms. The topological polar surface area (TPSA) is 15.9 Å². The van der Waals surface area contributed by atoms with Crippen molar-refractivity contribution in [3.63, 3.8) is 0 Å². The summed E-state index contributed by atoms with van der Waals surface area (Å²) in [5.74, 6) is -0.673. The van der Waals surface area contributed by atoms with Crippen molar-refractivity contribution in [3.05, 3.63) is 112 Å². The summed E-state index contributed by atoms with van der Waals surface area (Å²) in [4.78, 5) is 0. The maximum atomic E-state index is 2.91. The summed E-state index contributed by atoms with van der Waals surface area (Å²) in [5, 5.41) is 0. The van der Waals surface area contributed by atoms with Crippen LogP contribution in [-0.2, 0) is 31.6 Å². The van der Waals surface area contributed by atoms with Crippen molar-refractivity contribution >= 4 is 34.0 Å². The first-order chi connectivity index (χ1) is 24.2. The van der Waals surface area contributed by atoms with Gasteiger partial charge in [-0.2, -0.15) is 0 Å². The van der Waals surface area contributed by atoms with Gasteiger partial charge in [0.25, 0.3) is 0 Å². The summed E-state index contributed by atoms with van der Waals surface area (Å²) in [6.45, 7) is 33.6. The van der Waals surface area contributed by atoms with Gasteiger partial charge >= 0.3 is 5.91 Å². The Morgan fingerprint density at radius 3 is 1.08 bits per heavy atom. The Hall–Kier alpha value is -4.18. The van der Waals surface area contributed by atoms with Crippen molar-refractivity contribution in [2.75, 3.05) is 0 Å². The fourth-order valence-electron chi connectivity index (χ4n) is 12.4. The van der Waals surface area contributed by atoms with Crippen molar-refractivity contribution in [2.45, 2.75) is 141 Å². The molecule has 0 fully saturated rings. The number of fused-ring (bicyclic) bond motifs is 16. The number of nitrogens with zero attached hydrogens (tertiary/aromatic N) is 4. The van der Waals surface area contributed by atoms with Crippen molar-refractivity contribution in [2.24, 2.45) is 0 Å². The Morgan fingerprint density at radius 2 is 0.725 bits per heavy atom. The summed E-state index contributed by atoms with van der Waals surface area (Å²) in [7, 11) is 0. The van der Waals surface area contributed by atoms with Crippen LogP contribution in [0.25, 0.3) is 22.5 Å². The monoisotopic (exact) mass is 674 g/mol. The van der Waals surface area contributed by atoms with Gasteiger partial charge in [-0.05, 0) is 188 Å². The molecule has 4 aliphatic heterocycles. The second-order valence-electron chi connectivity index (χ2n) is 17.1. The highest BCUT2D eigenvalue weighted by Crippen LogP contribution is 2.59. The largest absolute Gasteiger partial charge is 0.552 e. The second-order valence-corrected chi connectivity index (χ2v) is 17.1. The number of hydrogen-bond donors (Lipinski definition) is 0. The summed E-state index contributed by atoms with van der Waals surface area (Å²) >= 11 is 0. The van der Waals surface area contributed by atoms with Crippen LogP contribution in [0, 0.1) is 69.2 Å². The highest BCUT2D eigenvalue weighted by molar-refractivity contribution is 6.12. The second kappa shape index (κ2) is 9.62. The summed E-state index contributed by atoms with van der Waals surface area (Å²) in [5.41, 5.74) is 38.0. The lowest BCUT2D eigenvalue weighted by Gasteiger charge is -2.39. The first kappa shape index (κ1) is 31.5. The molecule has 10 rings (SSSR count). The molecule has 1 spiro atoms. The zero-order valence-corrected chi connectivity index (χ0v) is 33.5. The van der Waals surface area contributed by atoms with Crippen molar-refractivity contribution in [3.8, 4) is 0 Å². The summed E-state index contributed by atoms with van der Waals surface area (Å²) in [6, 6.07) is 0. The Morgan fingerprint density at radius 1 is 0.392 bits per heavy atom. The maximum Gasteiger partial charge on any atom is 0.552 e. The highest BCUT2D eigenvalue weighted by Gasteiger charge is 2.73. The molecular weight excluding hydrogens is 621 g/mol. The molecule has 2 aromatic heterocycles. The van der Waals surface area contributed by atoms with Gasteiger partial charge in [-0.3, -0.25) is 0 Å². The van der Waals surface area contributed by atoms with E-state index in [1.807, 2.05) is 0 Å². The van der Waals surface area contributed by atoms with E-state index in [0.717, 1.165) is 12.8 Å². The normalized spacial score (nSPS) is 18.9. The van der Waals surface area contributed by atoms with Crippen LogP contribution >= 0.6 is 0 Å². The van der Waals surface area contributed by atoms with Crippen LogP contribution in [0.3, 0.4) is 0 Å². The van der Waals surface area contributed by atoms with Gasteiger partial charge in [0.15, 0.2) is 11.4 Å². The molecule has 0 radical (unpaired) electrons. The average molecular weight is 675 g/mol. The van der Waals surface area contributed by atoms with Gasteiger partial charge in [0.2, 0.25) is 11.4 Å². The van der Waals surface area contributed by atoms with Gasteiger partial charge in [0.05, 0.1) is 33.6 Å². The van der Waals surface area contributed by atoms with Crippen LogP contribution in [0.1, 0.15) is 152 Å². The smallest absolute Gasteiger partial charge is 0.202 e. The molecule has 6 aliphatic rings. The van der Waals surface area contributed by atoms with Gasteiger partial charge in [-0.25, -0.2) is 9.13 Å². The van der Waals surface area contributed by atoms with Gasteiger partial charge in [-0.1, -0.05) is 9.15 Å². The van der Waals surface area contributed by atoms with Crippen LogP contribution in [-0.4, -0.2) is 29.7 Å². The van der Waals surface area contributed by atoms with Gasteiger partial charge < -0.3 is 0 Å². The number of aromatic nitrogens is 2. The fraction of sp³-hybridized carbons (Fsp3) is 0.447. The molecule has 0 bridgehead atoms. The standard InChI is InChI=1S/C47H54N4/c1-21-23(3)27(7)41-39(25(21)5)33(13)48-45(41)31(11)43-29(9)35-17-15-19-37(35)50(43)47(48)49-34(14)40-26(6)22(2)24(4)28(8)42(40)46(49)32(12)44-30(10)36-18-16-20-38(36)51(44)47/h15-20H2,1-14H3/q+2. The Balaban J connectivity index is 1.52. The highest BCUT2D eigenvalue weighted by atomic mass is 15.6. The van der Waals surface area contributed by atoms with Crippen molar-refractivity contribution in [1.82, 2.24) is 9.13 Å². The van der Waals surface area contributed by atoms with E-state index in [-0.39, 0.29) is 0 Å². The zero-order chi connectivity index (χ0) is 36.1. The molecule has 4 heteroatoms. The predicted octanol–water partition coefficient (Wildman–Crippen LogP) is 9.94. The van der Waals surface area contributed by atoms with Crippen molar-refractivity contribution in [1.29, 1.82) is 0 Å². The van der Waals surface area contributed by atoms with Crippen LogP contribution in [0.4, 0.5) is 0 Å². The molecule has 0 amide bonds. The molecule has 6 heterocycles. The van der Waals surface area contributed by atoms with E-state index in [1.165, 1.54) is 149 Å². The molecule has 0 saturated carbocycles. The van der Waals surface area contributed by atoms with Gasteiger partial charge in [-0.15, -0.1) is 0 Å². The zero-order valence-electron chi connectivity index (χ0n) is 33.5. The quantitative estimate of drug-likeness (QED) is 0.165. The van der Waals surface area contributed by atoms with E-state index < -0.39 is 5.91 Å². The number of allylic oxidation sites excluding steroid dienone is 2. The summed E-state index contributed by atoms with van der Waals surface area (Å²) in [6.07, 6.45) is 7.06. The lowest BCUT2D eigenvalue weighted by Crippen LogP contribution is -2.63. The molecule has 0 saturated heterocycles. The predicted molar refractivity (Wildman–Crippen MR) is 212 cm³/mol. The van der Waals surface area contributed by atoms with Crippen LogP contribution in [0.5, 0.6) is 0 Å². The van der Waals surface area contributed by atoms with Crippen molar-refractivity contribution < 1.29 is 9.15 Å². The lowest BCUT2D eigenvalue weighted by molar-refractivity contribution is -0.805. The minimum atomic E-state index is -0.673. The van der Waals surface area contributed by atoms with E-state index in [2.05, 4.69) is 115 Å². The minimum Gasteiger partial charge on any atom is -0.202 e. The maximum absolute atomic E-state index is 2.91. The number of rotatable bonds is 0. The molecule has 0 N–H and O–H groups in total. The molecule has 260 valence electrons. The van der Waals surface area contributed by atoms with E-state index in [9.17, 15) is 0 Å². The Bertz CT molecular complexity index is 2410. The molecule has 4 nitrogen and oxygen atoms in total. The lowest BCUT2D eigenvalue weighted by atomic mass is 9.86. The Labute approximate surface area is 304 Å². The molecule has 4 aromatic rings. The minimum absolute atomic E-state index is 0.673. The Kier molecular flexibility index (Phi) is 5.95. The van der Waals surface area contributed by atoms with Gasteiger partial charge in [0, 0.05) is 36.4 Å². The average Bonchev–Trinajstić information content (AvgIpc) is 3.94. The summed E-state index contributed by atoms with van der Waals surface area (Å²) < 4.78 is 11.6. The van der Waals surface area contributed by atoms with E-state index >= 15 is 0 Å². The van der Waals surface area contributed by atoms with Crippen LogP contribution < -0.4 is 0 Å². The first-order valence-electron chi connectivity index (χ1n) is 19.6. The van der Waals surface area contributed by atoms with E-state index in [4.69, 9.17) is 0 Å². The van der Waals surface area contributed by atoms with Gasteiger partial charge in [0.1, 0.15) is 0 Å². The van der Waals surface area contributed by atoms with E-state index in [0.29, 0.717) is 0 Å². The molecule has 0 atom stereocenters. The SMILES string of the molecule is CC1=C2c3c(C)c(C)c(C)c(C)c3C(C)=[N+]2C2(n3c4c(c(C)c31)CCC4)n1c3c(c(C)c1C(C)=C1c4c(C)c(C)c(C)c(C)c4C(C)=[N+]12)CCC3. The van der Waals surface area contributed by atoms with Crippen LogP contribution in [0.15, 0.2) is 0 Å². The number of benzene rings is 2. The third-order valence-corrected chi connectivity index (χ3v) is 15.3.